The number of halogens is 5. The van der Waals surface area contributed by atoms with E-state index < -0.39 is 29.7 Å². The Morgan fingerprint density at radius 3 is 2.31 bits per heavy atom. The zero-order valence-corrected chi connectivity index (χ0v) is 7.55. The van der Waals surface area contributed by atoms with Crippen molar-refractivity contribution < 1.29 is 26.7 Å². The Labute approximate surface area is 86.9 Å². The largest absolute Gasteiger partial charge is 0.433 e. The van der Waals surface area contributed by atoms with Crippen molar-refractivity contribution in [2.45, 2.75) is 12.8 Å². The standard InChI is InChI=1S/C9H4F5NO/c10-8(11)16-7-3-1-2-6(5(7)4-15)9(12,13)14/h1-3,8H. The molecule has 0 N–H and O–H groups in total. The zero-order valence-electron chi connectivity index (χ0n) is 7.55. The summed E-state index contributed by atoms with van der Waals surface area (Å²) in [5.74, 6) is -0.785. The zero-order chi connectivity index (χ0) is 12.3. The first kappa shape index (κ1) is 12.2. The fourth-order valence-corrected chi connectivity index (χ4v) is 1.08. The molecule has 2 nitrogen and oxygen atoms in total. The van der Waals surface area contributed by atoms with E-state index in [0.717, 1.165) is 12.1 Å². The summed E-state index contributed by atoms with van der Waals surface area (Å²) >= 11 is 0. The van der Waals surface area contributed by atoms with Gasteiger partial charge in [0.1, 0.15) is 17.4 Å². The quantitative estimate of drug-likeness (QED) is 0.740. The number of nitriles is 1. The first-order valence-electron chi connectivity index (χ1n) is 3.91. The highest BCUT2D eigenvalue weighted by molar-refractivity contribution is 5.50. The predicted molar refractivity (Wildman–Crippen MR) is 42.8 cm³/mol. The molecule has 0 fully saturated rings. The Morgan fingerprint density at radius 2 is 1.88 bits per heavy atom. The van der Waals surface area contributed by atoms with E-state index in [1.54, 1.807) is 0 Å². The van der Waals surface area contributed by atoms with Crippen molar-refractivity contribution in [3.63, 3.8) is 0 Å². The molecule has 0 aliphatic carbocycles. The minimum atomic E-state index is -4.79. The van der Waals surface area contributed by atoms with Crippen LogP contribution in [0.2, 0.25) is 0 Å². The van der Waals surface area contributed by atoms with Crippen LogP contribution in [-0.4, -0.2) is 6.61 Å². The third kappa shape index (κ3) is 2.59. The molecule has 1 rings (SSSR count). The molecule has 0 radical (unpaired) electrons. The molecule has 0 bridgehead atoms. The third-order valence-corrected chi connectivity index (χ3v) is 1.66. The molecule has 0 atom stereocenters. The molecular weight excluding hydrogens is 233 g/mol. The molecule has 7 heteroatoms. The van der Waals surface area contributed by atoms with Gasteiger partial charge >= 0.3 is 12.8 Å². The lowest BCUT2D eigenvalue weighted by Crippen LogP contribution is -2.11. The van der Waals surface area contributed by atoms with E-state index in [1.807, 2.05) is 0 Å². The van der Waals surface area contributed by atoms with Gasteiger partial charge in [-0.05, 0) is 12.1 Å². The minimum Gasteiger partial charge on any atom is -0.433 e. The molecule has 0 spiro atoms. The number of hydrogen-bond donors (Lipinski definition) is 0. The van der Waals surface area contributed by atoms with Gasteiger partial charge in [-0.25, -0.2) is 0 Å². The summed E-state index contributed by atoms with van der Waals surface area (Å²) in [5, 5.41) is 8.50. The summed E-state index contributed by atoms with van der Waals surface area (Å²) in [5.41, 5.74) is -2.25. The predicted octanol–water partition coefficient (Wildman–Crippen LogP) is 3.18. The van der Waals surface area contributed by atoms with Gasteiger partial charge in [0.15, 0.2) is 0 Å². The van der Waals surface area contributed by atoms with Crippen molar-refractivity contribution in [3.05, 3.63) is 29.3 Å². The summed E-state index contributed by atoms with van der Waals surface area (Å²) in [4.78, 5) is 0. The maximum atomic E-state index is 12.4. The Kier molecular flexibility index (Phi) is 3.32. The van der Waals surface area contributed by atoms with Crippen molar-refractivity contribution in [1.82, 2.24) is 0 Å². The molecule has 0 amide bonds. The van der Waals surface area contributed by atoms with E-state index in [1.165, 1.54) is 6.07 Å². The van der Waals surface area contributed by atoms with Gasteiger partial charge in [0.2, 0.25) is 0 Å². The fourth-order valence-electron chi connectivity index (χ4n) is 1.08. The smallest absolute Gasteiger partial charge is 0.417 e. The van der Waals surface area contributed by atoms with Crippen molar-refractivity contribution >= 4 is 0 Å². The summed E-state index contributed by atoms with van der Waals surface area (Å²) in [6.07, 6.45) is -4.79. The molecule has 0 saturated heterocycles. The first-order chi connectivity index (χ1) is 7.36. The molecule has 1 aromatic rings. The molecule has 0 aliphatic heterocycles. The van der Waals surface area contributed by atoms with Crippen LogP contribution in [0.15, 0.2) is 18.2 Å². The molecule has 0 saturated carbocycles. The van der Waals surface area contributed by atoms with Gasteiger partial charge in [-0.2, -0.15) is 27.2 Å². The highest BCUT2D eigenvalue weighted by Gasteiger charge is 2.35. The van der Waals surface area contributed by atoms with Crippen molar-refractivity contribution in [2.75, 3.05) is 0 Å². The van der Waals surface area contributed by atoms with E-state index in [2.05, 4.69) is 4.74 Å². The summed E-state index contributed by atoms with van der Waals surface area (Å²) < 4.78 is 64.6. The first-order valence-corrected chi connectivity index (χ1v) is 3.91. The lowest BCUT2D eigenvalue weighted by atomic mass is 10.1. The number of rotatable bonds is 2. The van der Waals surface area contributed by atoms with Crippen molar-refractivity contribution in [1.29, 1.82) is 5.26 Å². The third-order valence-electron chi connectivity index (χ3n) is 1.66. The second kappa shape index (κ2) is 4.35. The molecule has 0 unspecified atom stereocenters. The summed E-state index contributed by atoms with van der Waals surface area (Å²) in [6.45, 7) is -3.28. The van der Waals surface area contributed by atoms with E-state index in [0.29, 0.717) is 6.07 Å². The van der Waals surface area contributed by atoms with Crippen LogP contribution in [0.4, 0.5) is 22.0 Å². The van der Waals surface area contributed by atoms with Crippen molar-refractivity contribution in [2.24, 2.45) is 0 Å². The van der Waals surface area contributed by atoms with E-state index in [4.69, 9.17) is 5.26 Å². The normalized spacial score (nSPS) is 11.3. The van der Waals surface area contributed by atoms with Gasteiger partial charge in [0, 0.05) is 0 Å². The van der Waals surface area contributed by atoms with E-state index >= 15 is 0 Å². The van der Waals surface area contributed by atoms with Gasteiger partial charge in [-0.3, -0.25) is 0 Å². The second-order valence-corrected chi connectivity index (χ2v) is 2.67. The van der Waals surface area contributed by atoms with Crippen LogP contribution in [0.5, 0.6) is 5.75 Å². The van der Waals surface area contributed by atoms with Crippen LogP contribution in [0, 0.1) is 11.3 Å². The summed E-state index contributed by atoms with van der Waals surface area (Å²) in [7, 11) is 0. The molecule has 0 aliphatic rings. The maximum Gasteiger partial charge on any atom is 0.417 e. The number of alkyl halides is 5. The number of hydrogen-bond acceptors (Lipinski definition) is 2. The van der Waals surface area contributed by atoms with Gasteiger partial charge in [-0.15, -0.1) is 0 Å². The molecule has 16 heavy (non-hydrogen) atoms. The Balaban J connectivity index is 3.28. The second-order valence-electron chi connectivity index (χ2n) is 2.67. The Hall–Kier alpha value is -1.84. The molecule has 0 aromatic heterocycles. The van der Waals surface area contributed by atoms with Crippen molar-refractivity contribution in [3.8, 4) is 11.8 Å². The van der Waals surface area contributed by atoms with Gasteiger partial charge in [-0.1, -0.05) is 6.07 Å². The van der Waals surface area contributed by atoms with Crippen LogP contribution in [0.1, 0.15) is 11.1 Å². The highest BCUT2D eigenvalue weighted by atomic mass is 19.4. The van der Waals surface area contributed by atoms with Crippen LogP contribution >= 0.6 is 0 Å². The Morgan fingerprint density at radius 1 is 1.25 bits per heavy atom. The Bertz CT molecular complexity index is 421. The van der Waals surface area contributed by atoms with Crippen LogP contribution in [0.25, 0.3) is 0 Å². The SMILES string of the molecule is N#Cc1c(OC(F)F)cccc1C(F)(F)F. The van der Waals surface area contributed by atoms with E-state index in [9.17, 15) is 22.0 Å². The number of nitrogens with zero attached hydrogens (tertiary/aromatic N) is 1. The molecule has 1 aromatic carbocycles. The van der Waals surface area contributed by atoms with Crippen LogP contribution in [-0.2, 0) is 6.18 Å². The number of ether oxygens (including phenoxy) is 1. The van der Waals surface area contributed by atoms with Crippen LogP contribution in [0.3, 0.4) is 0 Å². The minimum absolute atomic E-state index is 0.622. The van der Waals surface area contributed by atoms with E-state index in [-0.39, 0.29) is 0 Å². The highest BCUT2D eigenvalue weighted by Crippen LogP contribution is 2.35. The molecule has 86 valence electrons. The monoisotopic (exact) mass is 237 g/mol. The number of benzene rings is 1. The average Bonchev–Trinajstić information content (AvgIpc) is 2.15. The topological polar surface area (TPSA) is 33.0 Å². The fraction of sp³-hybridized carbons (Fsp3) is 0.222. The average molecular weight is 237 g/mol. The van der Waals surface area contributed by atoms with Gasteiger partial charge in [0.05, 0.1) is 5.56 Å². The molecule has 0 heterocycles. The maximum absolute atomic E-state index is 12.4. The summed E-state index contributed by atoms with van der Waals surface area (Å²) in [6, 6.07) is 3.58. The lowest BCUT2D eigenvalue weighted by molar-refractivity contribution is -0.138. The van der Waals surface area contributed by atoms with Gasteiger partial charge < -0.3 is 4.74 Å². The van der Waals surface area contributed by atoms with Gasteiger partial charge in [0.25, 0.3) is 0 Å². The lowest BCUT2D eigenvalue weighted by Gasteiger charge is -2.12. The molecular formula is C9H4F5NO. The van der Waals surface area contributed by atoms with Crippen LogP contribution < -0.4 is 4.74 Å².